The number of ether oxygens (including phenoxy) is 1. The highest BCUT2D eigenvalue weighted by Crippen LogP contribution is 2.25. The van der Waals surface area contributed by atoms with Gasteiger partial charge in [-0.25, -0.2) is 0 Å². The quantitative estimate of drug-likeness (QED) is 0.849. The molecule has 2 aromatic rings. The van der Waals surface area contributed by atoms with Crippen LogP contribution in [0.3, 0.4) is 0 Å². The van der Waals surface area contributed by atoms with Gasteiger partial charge < -0.3 is 14.6 Å². The molecule has 0 spiro atoms. The van der Waals surface area contributed by atoms with E-state index in [0.717, 1.165) is 19.3 Å². The van der Waals surface area contributed by atoms with E-state index in [-0.39, 0.29) is 18.6 Å². The molecule has 1 aromatic carbocycles. The van der Waals surface area contributed by atoms with Crippen molar-refractivity contribution < 1.29 is 14.1 Å². The lowest BCUT2D eigenvalue weighted by atomic mass is 9.86. The number of nitrogens with one attached hydrogen (secondary N) is 1. The van der Waals surface area contributed by atoms with Gasteiger partial charge in [0.15, 0.2) is 5.69 Å². The molecule has 134 valence electrons. The van der Waals surface area contributed by atoms with Gasteiger partial charge in [0, 0.05) is 11.1 Å². The standard InChI is InChI=1S/C19H23ClN2O3/c1-12-5-3-4-6-17(12)21-19(23)18-16(13(2)25-22-18)11-24-15-9-7-14(20)8-10-15/h7-10,12,17H,3-6,11H2,1-2H3,(H,21,23). The fourth-order valence-corrected chi connectivity index (χ4v) is 3.32. The average molecular weight is 363 g/mol. The molecular formula is C19H23ClN2O3. The van der Waals surface area contributed by atoms with Gasteiger partial charge >= 0.3 is 0 Å². The Bertz CT molecular complexity index is 727. The van der Waals surface area contributed by atoms with E-state index in [1.165, 1.54) is 6.42 Å². The number of halogens is 1. The Kier molecular flexibility index (Phi) is 5.63. The number of aromatic nitrogens is 1. The SMILES string of the molecule is Cc1onc(C(=O)NC2CCCCC2C)c1COc1ccc(Cl)cc1. The number of hydrogen-bond acceptors (Lipinski definition) is 4. The van der Waals surface area contributed by atoms with Crippen molar-refractivity contribution in [3.05, 3.63) is 46.3 Å². The lowest BCUT2D eigenvalue weighted by Gasteiger charge is -2.29. The molecule has 1 saturated carbocycles. The van der Waals surface area contributed by atoms with Crippen LogP contribution in [0.1, 0.15) is 54.4 Å². The maximum absolute atomic E-state index is 12.6. The Labute approximate surface area is 152 Å². The topological polar surface area (TPSA) is 64.4 Å². The fraction of sp³-hybridized carbons (Fsp3) is 0.474. The monoisotopic (exact) mass is 362 g/mol. The predicted octanol–water partition coefficient (Wildman–Crippen LogP) is 4.52. The molecular weight excluding hydrogens is 340 g/mol. The molecule has 2 atom stereocenters. The summed E-state index contributed by atoms with van der Waals surface area (Å²) >= 11 is 5.87. The van der Waals surface area contributed by atoms with Gasteiger partial charge in [-0.3, -0.25) is 4.79 Å². The van der Waals surface area contributed by atoms with Gasteiger partial charge in [-0.1, -0.05) is 36.5 Å². The molecule has 1 aromatic heterocycles. The van der Waals surface area contributed by atoms with Crippen molar-refractivity contribution in [2.75, 3.05) is 0 Å². The van der Waals surface area contributed by atoms with Crippen molar-refractivity contribution in [1.82, 2.24) is 10.5 Å². The van der Waals surface area contributed by atoms with Gasteiger partial charge in [-0.15, -0.1) is 0 Å². The summed E-state index contributed by atoms with van der Waals surface area (Å²) in [6, 6.07) is 7.29. The predicted molar refractivity (Wildman–Crippen MR) is 95.9 cm³/mol. The summed E-state index contributed by atoms with van der Waals surface area (Å²) in [6.07, 6.45) is 4.55. The lowest BCUT2D eigenvalue weighted by molar-refractivity contribution is 0.0899. The zero-order valence-electron chi connectivity index (χ0n) is 14.5. The molecule has 1 aliphatic carbocycles. The van der Waals surface area contributed by atoms with Crippen LogP contribution in [-0.2, 0) is 6.61 Å². The largest absolute Gasteiger partial charge is 0.489 e. The number of hydrogen-bond donors (Lipinski definition) is 1. The number of benzene rings is 1. The van der Waals surface area contributed by atoms with E-state index in [2.05, 4.69) is 17.4 Å². The third kappa shape index (κ3) is 4.34. The summed E-state index contributed by atoms with van der Waals surface area (Å²) in [5.41, 5.74) is 0.986. The van der Waals surface area contributed by atoms with Crippen LogP contribution in [0.25, 0.3) is 0 Å². The fourth-order valence-electron chi connectivity index (χ4n) is 3.19. The summed E-state index contributed by atoms with van der Waals surface area (Å²) < 4.78 is 11.0. The molecule has 0 bridgehead atoms. The summed E-state index contributed by atoms with van der Waals surface area (Å²) in [6.45, 7) is 4.19. The van der Waals surface area contributed by atoms with Crippen LogP contribution < -0.4 is 10.1 Å². The normalized spacial score (nSPS) is 20.3. The number of nitrogens with zero attached hydrogens (tertiary/aromatic N) is 1. The molecule has 6 heteroatoms. The second-order valence-corrected chi connectivity index (χ2v) is 7.09. The van der Waals surface area contributed by atoms with Gasteiger partial charge in [0.25, 0.3) is 5.91 Å². The van der Waals surface area contributed by atoms with Crippen molar-refractivity contribution in [2.45, 2.75) is 52.2 Å². The first-order chi connectivity index (χ1) is 12.0. The Morgan fingerprint density at radius 3 is 2.76 bits per heavy atom. The molecule has 0 saturated heterocycles. The van der Waals surface area contributed by atoms with Gasteiger partial charge in [-0.05, 0) is 49.9 Å². The zero-order valence-corrected chi connectivity index (χ0v) is 15.3. The molecule has 1 amide bonds. The van der Waals surface area contributed by atoms with E-state index in [1.807, 2.05) is 0 Å². The molecule has 1 aliphatic rings. The Morgan fingerprint density at radius 2 is 2.04 bits per heavy atom. The number of aryl methyl sites for hydroxylation is 1. The molecule has 5 nitrogen and oxygen atoms in total. The van der Waals surface area contributed by atoms with E-state index < -0.39 is 0 Å². The van der Waals surface area contributed by atoms with E-state index >= 15 is 0 Å². The van der Waals surface area contributed by atoms with Crippen LogP contribution in [-0.4, -0.2) is 17.1 Å². The zero-order chi connectivity index (χ0) is 17.8. The Hall–Kier alpha value is -2.01. The number of carbonyl (C=O) groups is 1. The smallest absolute Gasteiger partial charge is 0.274 e. The second-order valence-electron chi connectivity index (χ2n) is 6.65. The van der Waals surface area contributed by atoms with Crippen molar-refractivity contribution in [3.8, 4) is 5.75 Å². The maximum atomic E-state index is 12.6. The van der Waals surface area contributed by atoms with E-state index in [9.17, 15) is 4.79 Å². The Balaban J connectivity index is 1.67. The van der Waals surface area contributed by atoms with Gasteiger partial charge in [0.05, 0.1) is 5.56 Å². The highest BCUT2D eigenvalue weighted by atomic mass is 35.5. The van der Waals surface area contributed by atoms with Crippen LogP contribution in [0, 0.1) is 12.8 Å². The summed E-state index contributed by atoms with van der Waals surface area (Å²) in [5.74, 6) is 1.57. The first-order valence-electron chi connectivity index (χ1n) is 8.69. The molecule has 1 heterocycles. The van der Waals surface area contributed by atoms with Crippen molar-refractivity contribution in [3.63, 3.8) is 0 Å². The van der Waals surface area contributed by atoms with Crippen LogP contribution in [0.15, 0.2) is 28.8 Å². The third-order valence-electron chi connectivity index (χ3n) is 4.82. The van der Waals surface area contributed by atoms with Gasteiger partial charge in [0.2, 0.25) is 0 Å². The van der Waals surface area contributed by atoms with Crippen LogP contribution in [0.5, 0.6) is 5.75 Å². The van der Waals surface area contributed by atoms with Gasteiger partial charge in [-0.2, -0.15) is 0 Å². The van der Waals surface area contributed by atoms with E-state index in [0.29, 0.717) is 33.7 Å². The van der Waals surface area contributed by atoms with Crippen LogP contribution in [0.2, 0.25) is 5.02 Å². The van der Waals surface area contributed by atoms with Gasteiger partial charge in [0.1, 0.15) is 18.1 Å². The molecule has 0 radical (unpaired) electrons. The molecule has 2 unspecified atom stereocenters. The minimum absolute atomic E-state index is 0.190. The van der Waals surface area contributed by atoms with Crippen LogP contribution in [0.4, 0.5) is 0 Å². The summed E-state index contributed by atoms with van der Waals surface area (Å²) in [5, 5.41) is 7.70. The summed E-state index contributed by atoms with van der Waals surface area (Å²) in [4.78, 5) is 12.6. The van der Waals surface area contributed by atoms with E-state index in [1.54, 1.807) is 31.2 Å². The number of carbonyl (C=O) groups excluding carboxylic acids is 1. The third-order valence-corrected chi connectivity index (χ3v) is 5.08. The average Bonchev–Trinajstić information content (AvgIpc) is 2.97. The lowest BCUT2D eigenvalue weighted by Crippen LogP contribution is -2.41. The first-order valence-corrected chi connectivity index (χ1v) is 9.06. The molecule has 1 N–H and O–H groups in total. The highest BCUT2D eigenvalue weighted by molar-refractivity contribution is 6.30. The number of amides is 1. The van der Waals surface area contributed by atoms with Crippen LogP contribution >= 0.6 is 11.6 Å². The first kappa shape index (κ1) is 17.8. The van der Waals surface area contributed by atoms with Crippen molar-refractivity contribution >= 4 is 17.5 Å². The minimum atomic E-state index is -0.190. The molecule has 3 rings (SSSR count). The molecule has 0 aliphatic heterocycles. The Morgan fingerprint density at radius 1 is 1.32 bits per heavy atom. The number of rotatable bonds is 5. The summed E-state index contributed by atoms with van der Waals surface area (Å²) in [7, 11) is 0. The van der Waals surface area contributed by atoms with Crippen molar-refractivity contribution in [1.29, 1.82) is 0 Å². The molecule has 1 fully saturated rings. The highest BCUT2D eigenvalue weighted by Gasteiger charge is 2.26. The van der Waals surface area contributed by atoms with Crippen molar-refractivity contribution in [2.24, 2.45) is 5.92 Å². The molecule has 25 heavy (non-hydrogen) atoms. The minimum Gasteiger partial charge on any atom is -0.489 e. The second kappa shape index (κ2) is 7.91. The van der Waals surface area contributed by atoms with E-state index in [4.69, 9.17) is 20.9 Å². The maximum Gasteiger partial charge on any atom is 0.274 e.